The summed E-state index contributed by atoms with van der Waals surface area (Å²) in [6.45, 7) is 4.10. The molecule has 2 aromatic heterocycles. The van der Waals surface area contributed by atoms with E-state index in [1.807, 2.05) is 6.92 Å². The lowest BCUT2D eigenvalue weighted by molar-refractivity contribution is -0.114. The van der Waals surface area contributed by atoms with Gasteiger partial charge in [0.05, 0.1) is 16.3 Å². The van der Waals surface area contributed by atoms with E-state index in [-0.39, 0.29) is 17.9 Å². The number of amides is 2. The van der Waals surface area contributed by atoms with Crippen LogP contribution in [0, 0.1) is 6.92 Å². The SMILES string of the molecule is CC(=O)Nc1nc(C)c(-c2csc(C(=O)N3CCC(OC(=O)O)CC3)n2)s1. The van der Waals surface area contributed by atoms with Crippen molar-refractivity contribution in [2.75, 3.05) is 18.4 Å². The first kappa shape index (κ1) is 19.2. The lowest BCUT2D eigenvalue weighted by Crippen LogP contribution is -2.41. The highest BCUT2D eigenvalue weighted by Crippen LogP contribution is 2.33. The first-order valence-electron chi connectivity index (χ1n) is 8.23. The number of rotatable bonds is 4. The van der Waals surface area contributed by atoms with Crippen molar-refractivity contribution in [1.82, 2.24) is 14.9 Å². The number of carbonyl (C=O) groups excluding carboxylic acids is 2. The van der Waals surface area contributed by atoms with E-state index in [9.17, 15) is 14.4 Å². The number of piperidine rings is 1. The molecule has 9 nitrogen and oxygen atoms in total. The molecular weight excluding hydrogens is 392 g/mol. The predicted octanol–water partition coefficient (Wildman–Crippen LogP) is 2.83. The second-order valence-corrected chi connectivity index (χ2v) is 7.89. The van der Waals surface area contributed by atoms with E-state index in [1.165, 1.54) is 29.6 Å². The number of likely N-dealkylation sites (tertiary alicyclic amines) is 1. The van der Waals surface area contributed by atoms with Gasteiger partial charge in [0, 0.05) is 38.2 Å². The molecule has 2 N–H and O–H groups in total. The van der Waals surface area contributed by atoms with E-state index in [0.29, 0.717) is 41.8 Å². The average Bonchev–Trinajstić information content (AvgIpc) is 3.20. The Morgan fingerprint density at radius 1 is 1.30 bits per heavy atom. The number of nitrogens with one attached hydrogen (secondary N) is 1. The molecule has 1 aliphatic rings. The highest BCUT2D eigenvalue weighted by molar-refractivity contribution is 7.19. The van der Waals surface area contributed by atoms with Crippen LogP contribution in [0.15, 0.2) is 5.38 Å². The highest BCUT2D eigenvalue weighted by atomic mass is 32.1. The van der Waals surface area contributed by atoms with Gasteiger partial charge in [-0.25, -0.2) is 14.8 Å². The summed E-state index contributed by atoms with van der Waals surface area (Å²) in [5.41, 5.74) is 1.39. The van der Waals surface area contributed by atoms with Crippen LogP contribution in [0.3, 0.4) is 0 Å². The zero-order valence-electron chi connectivity index (χ0n) is 14.7. The quantitative estimate of drug-likeness (QED) is 0.743. The molecule has 3 rings (SSSR count). The van der Waals surface area contributed by atoms with E-state index >= 15 is 0 Å². The molecule has 0 radical (unpaired) electrons. The van der Waals surface area contributed by atoms with Crippen LogP contribution in [-0.4, -0.2) is 57.1 Å². The molecule has 27 heavy (non-hydrogen) atoms. The molecule has 0 aromatic carbocycles. The Kier molecular flexibility index (Phi) is 5.71. The Bertz CT molecular complexity index is 870. The van der Waals surface area contributed by atoms with Crippen molar-refractivity contribution in [2.45, 2.75) is 32.8 Å². The summed E-state index contributed by atoms with van der Waals surface area (Å²) in [5.74, 6) is -0.371. The Balaban J connectivity index is 1.67. The highest BCUT2D eigenvalue weighted by Gasteiger charge is 2.27. The van der Waals surface area contributed by atoms with Gasteiger partial charge in [0.25, 0.3) is 5.91 Å². The van der Waals surface area contributed by atoms with Crippen molar-refractivity contribution < 1.29 is 24.2 Å². The maximum atomic E-state index is 12.7. The summed E-state index contributed by atoms with van der Waals surface area (Å²) in [4.78, 5) is 45.6. The number of ether oxygens (including phenoxy) is 1. The fourth-order valence-corrected chi connectivity index (χ4v) is 4.59. The van der Waals surface area contributed by atoms with Gasteiger partial charge >= 0.3 is 6.16 Å². The fourth-order valence-electron chi connectivity index (χ4n) is 2.77. The van der Waals surface area contributed by atoms with Gasteiger partial charge in [0.2, 0.25) is 5.91 Å². The third-order valence-corrected chi connectivity index (χ3v) is 5.92. The van der Waals surface area contributed by atoms with Crippen molar-refractivity contribution in [2.24, 2.45) is 0 Å². The molecule has 0 unspecified atom stereocenters. The number of aromatic nitrogens is 2. The van der Waals surface area contributed by atoms with Crippen molar-refractivity contribution in [3.63, 3.8) is 0 Å². The molecule has 0 atom stereocenters. The molecule has 0 aliphatic carbocycles. The molecule has 1 aliphatic heterocycles. The third-order valence-electron chi connectivity index (χ3n) is 4.00. The van der Waals surface area contributed by atoms with Gasteiger partial charge in [-0.2, -0.15) is 0 Å². The number of hydrogen-bond donors (Lipinski definition) is 2. The van der Waals surface area contributed by atoms with Crippen LogP contribution < -0.4 is 5.32 Å². The number of hydrogen-bond acceptors (Lipinski definition) is 8. The van der Waals surface area contributed by atoms with Crippen LogP contribution in [0.2, 0.25) is 0 Å². The predicted molar refractivity (Wildman–Crippen MR) is 100 cm³/mol. The molecule has 0 bridgehead atoms. The number of aryl methyl sites for hydroxylation is 1. The second kappa shape index (κ2) is 8.01. The number of thiazole rings is 2. The van der Waals surface area contributed by atoms with Crippen LogP contribution in [-0.2, 0) is 9.53 Å². The number of carbonyl (C=O) groups is 3. The van der Waals surface area contributed by atoms with Gasteiger partial charge in [-0.05, 0) is 6.92 Å². The molecule has 0 saturated carbocycles. The minimum Gasteiger partial charge on any atom is -0.450 e. The summed E-state index contributed by atoms with van der Waals surface area (Å²) in [6, 6.07) is 0. The van der Waals surface area contributed by atoms with Crippen LogP contribution >= 0.6 is 22.7 Å². The summed E-state index contributed by atoms with van der Waals surface area (Å²) in [5, 5.41) is 14.0. The van der Waals surface area contributed by atoms with E-state index < -0.39 is 6.16 Å². The van der Waals surface area contributed by atoms with Crippen molar-refractivity contribution in [1.29, 1.82) is 0 Å². The lowest BCUT2D eigenvalue weighted by atomic mass is 10.1. The zero-order chi connectivity index (χ0) is 19.6. The smallest absolute Gasteiger partial charge is 0.450 e. The van der Waals surface area contributed by atoms with E-state index in [2.05, 4.69) is 15.3 Å². The third kappa shape index (κ3) is 4.61. The monoisotopic (exact) mass is 410 g/mol. The number of carboxylic acid groups (broad SMARTS) is 1. The van der Waals surface area contributed by atoms with Crippen molar-refractivity contribution in [3.8, 4) is 10.6 Å². The largest absolute Gasteiger partial charge is 0.506 e. The maximum absolute atomic E-state index is 12.7. The van der Waals surface area contributed by atoms with Gasteiger partial charge in [0.15, 0.2) is 10.1 Å². The van der Waals surface area contributed by atoms with Gasteiger partial charge in [0.1, 0.15) is 6.10 Å². The number of nitrogens with zero attached hydrogens (tertiary/aromatic N) is 3. The Hall–Kier alpha value is -2.53. The normalized spacial score (nSPS) is 14.8. The van der Waals surface area contributed by atoms with Gasteiger partial charge < -0.3 is 20.1 Å². The topological polar surface area (TPSA) is 122 Å². The van der Waals surface area contributed by atoms with E-state index in [1.54, 1.807) is 10.3 Å². The molecule has 2 amide bonds. The lowest BCUT2D eigenvalue weighted by Gasteiger charge is -2.30. The van der Waals surface area contributed by atoms with Crippen molar-refractivity contribution in [3.05, 3.63) is 16.1 Å². The number of anilines is 1. The van der Waals surface area contributed by atoms with Crippen LogP contribution in [0.5, 0.6) is 0 Å². The standard InChI is InChI=1S/C16H18N4O5S2/c1-8-12(27-15(17-8)18-9(2)21)11-7-26-13(19-11)14(22)20-5-3-10(4-6-20)25-16(23)24/h7,10H,3-6H2,1-2H3,(H,23,24)(H,17,18,21). The van der Waals surface area contributed by atoms with Gasteiger partial charge in [-0.1, -0.05) is 11.3 Å². The summed E-state index contributed by atoms with van der Waals surface area (Å²) < 4.78 is 4.76. The second-order valence-electron chi connectivity index (χ2n) is 6.03. The zero-order valence-corrected chi connectivity index (χ0v) is 16.4. The van der Waals surface area contributed by atoms with Crippen LogP contribution in [0.1, 0.15) is 35.3 Å². The first-order valence-corrected chi connectivity index (χ1v) is 9.93. The van der Waals surface area contributed by atoms with Crippen LogP contribution in [0.4, 0.5) is 9.93 Å². The molecule has 144 valence electrons. The molecule has 2 aromatic rings. The van der Waals surface area contributed by atoms with Crippen molar-refractivity contribution >= 4 is 45.8 Å². The van der Waals surface area contributed by atoms with Gasteiger partial charge in [-0.15, -0.1) is 11.3 Å². The first-order chi connectivity index (χ1) is 12.8. The molecule has 3 heterocycles. The minimum atomic E-state index is -1.29. The molecule has 1 fully saturated rings. The Morgan fingerprint density at radius 3 is 2.63 bits per heavy atom. The summed E-state index contributed by atoms with van der Waals surface area (Å²) in [6.07, 6.45) is -0.706. The van der Waals surface area contributed by atoms with Gasteiger partial charge in [-0.3, -0.25) is 9.59 Å². The Morgan fingerprint density at radius 2 is 2.00 bits per heavy atom. The summed E-state index contributed by atoms with van der Waals surface area (Å²) in [7, 11) is 0. The summed E-state index contributed by atoms with van der Waals surface area (Å²) >= 11 is 2.56. The van der Waals surface area contributed by atoms with E-state index in [0.717, 1.165) is 10.6 Å². The molecule has 1 saturated heterocycles. The average molecular weight is 410 g/mol. The van der Waals surface area contributed by atoms with E-state index in [4.69, 9.17) is 9.84 Å². The minimum absolute atomic E-state index is 0.177. The van der Waals surface area contributed by atoms with Crippen LogP contribution in [0.25, 0.3) is 10.6 Å². The molecule has 0 spiro atoms. The molecular formula is C16H18N4O5S2. The Labute approximate surface area is 163 Å². The molecule has 11 heteroatoms. The fraction of sp³-hybridized carbons (Fsp3) is 0.438. The maximum Gasteiger partial charge on any atom is 0.506 e.